The van der Waals surface area contributed by atoms with Gasteiger partial charge in [0.05, 0.1) is 6.61 Å². The zero-order chi connectivity index (χ0) is 10.1. The molecule has 1 N–H and O–H groups in total. The van der Waals surface area contributed by atoms with Crippen LogP contribution in [0.1, 0.15) is 16.7 Å². The number of aliphatic hydroxyl groups is 1. The minimum atomic E-state index is 0.104. The Morgan fingerprint density at radius 3 is 2.79 bits per heavy atom. The van der Waals surface area contributed by atoms with Crippen LogP contribution in [-0.2, 0) is 12.5 Å². The van der Waals surface area contributed by atoms with E-state index < -0.39 is 0 Å². The monoisotopic (exact) mass is 226 g/mol. The van der Waals surface area contributed by atoms with Crippen LogP contribution in [0.3, 0.4) is 0 Å². The van der Waals surface area contributed by atoms with E-state index in [-0.39, 0.29) is 6.61 Å². The molecule has 0 spiro atoms. The first-order chi connectivity index (χ1) is 6.77. The van der Waals surface area contributed by atoms with E-state index in [1.54, 1.807) is 11.3 Å². The molecule has 1 aromatic carbocycles. The number of halogens is 1. The molecule has 0 fully saturated rings. The van der Waals surface area contributed by atoms with E-state index in [2.05, 4.69) is 19.1 Å². The summed E-state index contributed by atoms with van der Waals surface area (Å²) in [6, 6.07) is 4.12. The fraction of sp³-hybridized carbons (Fsp3) is 0.273. The van der Waals surface area contributed by atoms with E-state index >= 15 is 0 Å². The molecule has 0 aliphatic rings. The second-order valence-electron chi connectivity index (χ2n) is 3.30. The number of aliphatic hydroxyl groups excluding tert-OH is 1. The van der Waals surface area contributed by atoms with Crippen molar-refractivity contribution in [2.24, 2.45) is 0 Å². The van der Waals surface area contributed by atoms with Crippen molar-refractivity contribution in [3.8, 4) is 0 Å². The lowest BCUT2D eigenvalue weighted by Gasteiger charge is -2.03. The summed E-state index contributed by atoms with van der Waals surface area (Å²) in [5.41, 5.74) is 3.37. The summed E-state index contributed by atoms with van der Waals surface area (Å²) in [5.74, 6) is 0.530. The van der Waals surface area contributed by atoms with E-state index in [1.165, 1.54) is 15.6 Å². The van der Waals surface area contributed by atoms with Crippen molar-refractivity contribution in [2.75, 3.05) is 0 Å². The largest absolute Gasteiger partial charge is 0.392 e. The molecule has 0 saturated heterocycles. The van der Waals surface area contributed by atoms with Crippen LogP contribution < -0.4 is 0 Å². The Bertz CT molecular complexity index is 462. The molecule has 74 valence electrons. The first kappa shape index (κ1) is 9.97. The molecular formula is C11H11ClOS. The highest BCUT2D eigenvalue weighted by Gasteiger charge is 2.09. The minimum Gasteiger partial charge on any atom is -0.392 e. The molecule has 0 aliphatic carbocycles. The van der Waals surface area contributed by atoms with Gasteiger partial charge < -0.3 is 5.11 Å². The second-order valence-corrected chi connectivity index (χ2v) is 4.45. The highest BCUT2D eigenvalue weighted by atomic mass is 35.5. The van der Waals surface area contributed by atoms with Gasteiger partial charge in [0.1, 0.15) is 0 Å². The highest BCUT2D eigenvalue weighted by Crippen LogP contribution is 2.32. The molecule has 0 bridgehead atoms. The summed E-state index contributed by atoms with van der Waals surface area (Å²) in [4.78, 5) is 0. The Morgan fingerprint density at radius 1 is 1.36 bits per heavy atom. The molecule has 14 heavy (non-hydrogen) atoms. The first-order valence-electron chi connectivity index (χ1n) is 4.43. The predicted octanol–water partition coefficient (Wildman–Crippen LogP) is 3.44. The number of benzene rings is 1. The maximum absolute atomic E-state index is 9.19. The fourth-order valence-electron chi connectivity index (χ4n) is 1.67. The lowest BCUT2D eigenvalue weighted by molar-refractivity contribution is 0.284. The van der Waals surface area contributed by atoms with Crippen LogP contribution in [0.2, 0.25) is 0 Å². The summed E-state index contributed by atoms with van der Waals surface area (Å²) in [5, 5.41) is 12.4. The molecule has 1 aromatic heterocycles. The van der Waals surface area contributed by atoms with Crippen LogP contribution in [0.25, 0.3) is 10.1 Å². The van der Waals surface area contributed by atoms with Crippen LogP contribution in [0.15, 0.2) is 17.5 Å². The average Bonchev–Trinajstić information content (AvgIpc) is 2.63. The van der Waals surface area contributed by atoms with E-state index in [4.69, 9.17) is 11.6 Å². The minimum absolute atomic E-state index is 0.104. The van der Waals surface area contributed by atoms with Crippen LogP contribution in [0.5, 0.6) is 0 Å². The van der Waals surface area contributed by atoms with Crippen molar-refractivity contribution in [3.05, 3.63) is 34.2 Å². The van der Waals surface area contributed by atoms with E-state index in [0.29, 0.717) is 5.88 Å². The molecule has 2 aromatic rings. The van der Waals surface area contributed by atoms with Crippen molar-refractivity contribution < 1.29 is 5.11 Å². The number of aryl methyl sites for hydroxylation is 1. The average molecular weight is 227 g/mol. The molecule has 0 unspecified atom stereocenters. The maximum Gasteiger partial charge on any atom is 0.0696 e. The second kappa shape index (κ2) is 3.89. The number of hydrogen-bond acceptors (Lipinski definition) is 2. The van der Waals surface area contributed by atoms with Gasteiger partial charge in [0, 0.05) is 16.0 Å². The van der Waals surface area contributed by atoms with Crippen LogP contribution in [0.4, 0.5) is 0 Å². The highest BCUT2D eigenvalue weighted by molar-refractivity contribution is 7.17. The molecule has 0 atom stereocenters. The molecule has 1 nitrogen and oxygen atoms in total. The molecule has 1 heterocycles. The van der Waals surface area contributed by atoms with Crippen LogP contribution in [-0.4, -0.2) is 5.11 Å². The number of hydrogen-bond donors (Lipinski definition) is 1. The van der Waals surface area contributed by atoms with E-state index in [1.807, 2.05) is 5.38 Å². The summed E-state index contributed by atoms with van der Waals surface area (Å²) in [6.07, 6.45) is 0. The van der Waals surface area contributed by atoms with Gasteiger partial charge in [-0.15, -0.1) is 22.9 Å². The Balaban J connectivity index is 2.80. The van der Waals surface area contributed by atoms with Crippen LogP contribution >= 0.6 is 22.9 Å². The van der Waals surface area contributed by atoms with Crippen LogP contribution in [0, 0.1) is 6.92 Å². The smallest absolute Gasteiger partial charge is 0.0696 e. The van der Waals surface area contributed by atoms with Gasteiger partial charge in [-0.25, -0.2) is 0 Å². The molecule has 0 saturated carbocycles. The molecule has 0 aliphatic heterocycles. The third-order valence-electron chi connectivity index (χ3n) is 2.40. The topological polar surface area (TPSA) is 20.2 Å². The number of thiophene rings is 1. The third kappa shape index (κ3) is 1.44. The molecule has 0 radical (unpaired) electrons. The number of rotatable bonds is 2. The van der Waals surface area contributed by atoms with Gasteiger partial charge in [0.15, 0.2) is 0 Å². The van der Waals surface area contributed by atoms with E-state index in [0.717, 1.165) is 11.1 Å². The van der Waals surface area contributed by atoms with Gasteiger partial charge in [-0.1, -0.05) is 12.1 Å². The Kier molecular flexibility index (Phi) is 2.77. The Labute approximate surface area is 91.9 Å². The number of alkyl halides is 1. The lowest BCUT2D eigenvalue weighted by Crippen LogP contribution is -1.85. The summed E-state index contributed by atoms with van der Waals surface area (Å²) >= 11 is 7.51. The van der Waals surface area contributed by atoms with Crippen molar-refractivity contribution in [1.29, 1.82) is 0 Å². The normalized spacial score (nSPS) is 11.1. The molecule has 2 rings (SSSR count). The van der Waals surface area contributed by atoms with Gasteiger partial charge in [-0.3, -0.25) is 0 Å². The number of fused-ring (bicyclic) bond motifs is 1. The Hall–Kier alpha value is -0.570. The van der Waals surface area contributed by atoms with E-state index in [9.17, 15) is 5.11 Å². The SMILES string of the molecule is Cc1ccc(CCl)c2scc(CO)c12. The van der Waals surface area contributed by atoms with Gasteiger partial charge >= 0.3 is 0 Å². The molecule has 0 amide bonds. The fourth-order valence-corrected chi connectivity index (χ4v) is 3.12. The molecule has 3 heteroatoms. The van der Waals surface area contributed by atoms with Crippen molar-refractivity contribution in [3.63, 3.8) is 0 Å². The van der Waals surface area contributed by atoms with Crippen molar-refractivity contribution in [2.45, 2.75) is 19.4 Å². The zero-order valence-electron chi connectivity index (χ0n) is 7.88. The van der Waals surface area contributed by atoms with Gasteiger partial charge in [0.25, 0.3) is 0 Å². The standard InChI is InChI=1S/C11H11ClOS/c1-7-2-3-8(4-12)11-10(7)9(5-13)6-14-11/h2-3,6,13H,4-5H2,1H3. The predicted molar refractivity (Wildman–Crippen MR) is 62.0 cm³/mol. The molecular weight excluding hydrogens is 216 g/mol. The summed E-state index contributed by atoms with van der Waals surface area (Å²) < 4.78 is 1.21. The quantitative estimate of drug-likeness (QED) is 0.778. The zero-order valence-corrected chi connectivity index (χ0v) is 9.45. The van der Waals surface area contributed by atoms with Crippen molar-refractivity contribution >= 4 is 33.0 Å². The third-order valence-corrected chi connectivity index (χ3v) is 3.79. The van der Waals surface area contributed by atoms with Gasteiger partial charge in [0.2, 0.25) is 0 Å². The Morgan fingerprint density at radius 2 is 2.14 bits per heavy atom. The van der Waals surface area contributed by atoms with Gasteiger partial charge in [-0.05, 0) is 29.0 Å². The van der Waals surface area contributed by atoms with Crippen molar-refractivity contribution in [1.82, 2.24) is 0 Å². The first-order valence-corrected chi connectivity index (χ1v) is 5.84. The lowest BCUT2D eigenvalue weighted by atomic mass is 10.1. The summed E-state index contributed by atoms with van der Waals surface area (Å²) in [6.45, 7) is 2.17. The maximum atomic E-state index is 9.19. The summed E-state index contributed by atoms with van der Waals surface area (Å²) in [7, 11) is 0. The van der Waals surface area contributed by atoms with Gasteiger partial charge in [-0.2, -0.15) is 0 Å².